The second kappa shape index (κ2) is 5.77. The maximum Gasteiger partial charge on any atom is 0.407 e. The first-order valence-electron chi connectivity index (χ1n) is 12.2. The van der Waals surface area contributed by atoms with Crippen LogP contribution in [-0.4, -0.2) is 49.1 Å². The van der Waals surface area contributed by atoms with Crippen molar-refractivity contribution in [1.29, 1.82) is 0 Å². The minimum absolute atomic E-state index is 0.202. The van der Waals surface area contributed by atoms with Gasteiger partial charge in [0, 0.05) is 33.2 Å². The molecule has 0 aliphatic carbocycles. The minimum Gasteiger partial charge on any atom is -0.447 e. The van der Waals surface area contributed by atoms with Crippen LogP contribution in [0.3, 0.4) is 0 Å². The van der Waals surface area contributed by atoms with Gasteiger partial charge >= 0.3 is 6.09 Å². The Balaban J connectivity index is 2.27. The quantitative estimate of drug-likeness (QED) is 0.887. The van der Waals surface area contributed by atoms with Crippen LogP contribution in [0, 0.1) is 0 Å². The number of nitrogens with one attached hydrogen (secondary N) is 2. The molecule has 1 saturated heterocycles. The largest absolute Gasteiger partial charge is 0.447 e. The van der Waals surface area contributed by atoms with Crippen LogP contribution in [0.1, 0.15) is 27.6 Å². The van der Waals surface area contributed by atoms with E-state index in [0.717, 1.165) is 7.05 Å². The lowest BCUT2D eigenvalue weighted by atomic mass is 10.0. The second-order valence-corrected chi connectivity index (χ2v) is 4.51. The Morgan fingerprint density at radius 1 is 1.67 bits per heavy atom. The number of aromatic amines is 1. The number of aromatic nitrogens is 1. The molecule has 0 radical (unpaired) electrons. The molecule has 21 heavy (non-hydrogen) atoms. The number of fused-ring (bicyclic) bond motifs is 1. The number of amides is 1. The standard InChI is InChI=1S/C16H21N3O2/c1-19(2)6-5-12-9-17-15-4-3-11(8-14(12)15)7-13-10-21-16(20)18-13/h3-4,8-9,13,17H,5-7,10H2,1-2H3,(H,18,20)/t13-/m0/s1/i1D3,3D,4D,5D2,6D2,8D,9D,13D. The van der Waals surface area contributed by atoms with E-state index < -0.39 is 74.8 Å². The van der Waals surface area contributed by atoms with Crippen molar-refractivity contribution >= 4 is 17.0 Å². The normalized spacial score (nSPS) is 32.0. The zero-order valence-electron chi connectivity index (χ0n) is 23.2. The van der Waals surface area contributed by atoms with E-state index in [1.807, 2.05) is 0 Å². The molecule has 1 atom stereocenters. The monoisotopic (exact) mass is 299 g/mol. The van der Waals surface area contributed by atoms with Gasteiger partial charge in [-0.05, 0) is 50.0 Å². The Bertz CT molecular complexity index is 1130. The number of nitrogens with zero attached hydrogens (tertiary/aromatic N) is 1. The van der Waals surface area contributed by atoms with Gasteiger partial charge in [-0.1, -0.05) is 6.04 Å². The number of carbonyl (C=O) groups is 1. The summed E-state index contributed by atoms with van der Waals surface area (Å²) in [6.07, 6.45) is -5.16. The first-order chi connectivity index (χ1) is 14.8. The molecule has 2 aromatic rings. The van der Waals surface area contributed by atoms with Gasteiger partial charge in [0.15, 0.2) is 0 Å². The zero-order valence-corrected chi connectivity index (χ0v) is 11.2. The molecule has 2 heterocycles. The molecule has 5 heteroatoms. The molecule has 0 unspecified atom stereocenters. The number of ether oxygens (including phenoxy) is 1. The molecule has 1 aromatic carbocycles. The maximum absolute atomic E-state index is 11.4. The van der Waals surface area contributed by atoms with E-state index in [2.05, 4.69) is 10.3 Å². The number of hydrogen-bond donors (Lipinski definition) is 2. The van der Waals surface area contributed by atoms with Crippen molar-refractivity contribution in [2.75, 3.05) is 27.1 Å². The van der Waals surface area contributed by atoms with Crippen molar-refractivity contribution in [3.05, 3.63) is 35.4 Å². The number of aryl methyl sites for hydroxylation is 1. The number of carbonyl (C=O) groups excluding carboxylic acids is 1. The highest BCUT2D eigenvalue weighted by Gasteiger charge is 2.22. The van der Waals surface area contributed by atoms with Crippen molar-refractivity contribution in [3.63, 3.8) is 0 Å². The molecule has 0 spiro atoms. The van der Waals surface area contributed by atoms with Gasteiger partial charge in [0.25, 0.3) is 0 Å². The second-order valence-electron chi connectivity index (χ2n) is 4.51. The number of rotatable bonds is 5. The van der Waals surface area contributed by atoms with Gasteiger partial charge in [0.05, 0.1) is 12.9 Å². The Labute approximate surface area is 141 Å². The molecule has 1 amide bonds. The number of benzene rings is 1. The van der Waals surface area contributed by atoms with Crippen LogP contribution in [0.15, 0.2) is 24.3 Å². The fourth-order valence-electron chi connectivity index (χ4n) is 1.91. The molecule has 0 bridgehead atoms. The summed E-state index contributed by atoms with van der Waals surface area (Å²) in [4.78, 5) is 14.0. The summed E-state index contributed by atoms with van der Waals surface area (Å²) in [6, 6.07) is -3.31. The Morgan fingerprint density at radius 3 is 3.33 bits per heavy atom. The van der Waals surface area contributed by atoms with Gasteiger partial charge in [0.2, 0.25) is 0 Å². The molecule has 1 aliphatic rings. The third kappa shape index (κ3) is 3.19. The average Bonchev–Trinajstić information content (AvgIpc) is 3.21. The van der Waals surface area contributed by atoms with Crippen molar-refractivity contribution in [2.45, 2.75) is 18.8 Å². The molecule has 2 N–H and O–H groups in total. The van der Waals surface area contributed by atoms with Gasteiger partial charge in [-0.25, -0.2) is 4.79 Å². The minimum atomic E-state index is -3.18. The molecule has 3 rings (SSSR count). The average molecular weight is 299 g/mol. The van der Waals surface area contributed by atoms with Crippen molar-refractivity contribution in [2.24, 2.45) is 0 Å². The van der Waals surface area contributed by atoms with Gasteiger partial charge in [-0.3, -0.25) is 0 Å². The summed E-state index contributed by atoms with van der Waals surface area (Å²) in [7, 11) is 0.862. The Morgan fingerprint density at radius 2 is 2.57 bits per heavy atom. The topological polar surface area (TPSA) is 57.4 Å². The van der Waals surface area contributed by atoms with E-state index >= 15 is 0 Å². The number of alkyl carbamates (subject to hydrolysis) is 1. The van der Waals surface area contributed by atoms with Gasteiger partial charge in [-0.15, -0.1) is 0 Å². The highest BCUT2D eigenvalue weighted by atomic mass is 16.6. The third-order valence-electron chi connectivity index (χ3n) is 2.82. The van der Waals surface area contributed by atoms with Gasteiger partial charge in [0.1, 0.15) is 6.61 Å². The van der Waals surface area contributed by atoms with E-state index in [1.165, 1.54) is 0 Å². The summed E-state index contributed by atoms with van der Waals surface area (Å²) >= 11 is 0. The van der Waals surface area contributed by atoms with Crippen molar-refractivity contribution in [1.82, 2.24) is 15.2 Å². The van der Waals surface area contributed by atoms with Crippen LogP contribution in [0.2, 0.25) is 0 Å². The number of cyclic esters (lactones) is 1. The summed E-state index contributed by atoms with van der Waals surface area (Å²) in [5.74, 6) is 0. The summed E-state index contributed by atoms with van der Waals surface area (Å²) in [5.41, 5.74) is -1.17. The third-order valence-corrected chi connectivity index (χ3v) is 2.82. The van der Waals surface area contributed by atoms with Crippen LogP contribution >= 0.6 is 0 Å². The van der Waals surface area contributed by atoms with E-state index in [9.17, 15) is 4.79 Å². The van der Waals surface area contributed by atoms with Crippen LogP contribution in [0.4, 0.5) is 4.79 Å². The molecule has 1 fully saturated rings. The van der Waals surface area contributed by atoms with Crippen LogP contribution in [-0.2, 0) is 17.5 Å². The Hall–Kier alpha value is -2.01. The molecular formula is C16H21N3O2. The van der Waals surface area contributed by atoms with Crippen molar-refractivity contribution in [3.8, 4) is 0 Å². The molecule has 5 nitrogen and oxygen atoms in total. The highest BCUT2D eigenvalue weighted by Crippen LogP contribution is 2.21. The predicted molar refractivity (Wildman–Crippen MR) is 82.5 cm³/mol. The van der Waals surface area contributed by atoms with E-state index in [1.54, 1.807) is 0 Å². The predicted octanol–water partition coefficient (Wildman–Crippen LogP) is 1.92. The van der Waals surface area contributed by atoms with Gasteiger partial charge < -0.3 is 19.9 Å². The van der Waals surface area contributed by atoms with Crippen LogP contribution in [0.25, 0.3) is 10.9 Å². The first kappa shape index (κ1) is 5.65. The molecule has 1 aromatic heterocycles. The summed E-state index contributed by atoms with van der Waals surface area (Å²) in [5, 5.41) is 1.86. The van der Waals surface area contributed by atoms with Crippen LogP contribution in [0.5, 0.6) is 0 Å². The smallest absolute Gasteiger partial charge is 0.407 e. The molecule has 112 valence electrons. The van der Waals surface area contributed by atoms with Gasteiger partial charge in [-0.2, -0.15) is 0 Å². The fraction of sp³-hybridized carbons (Fsp3) is 0.438. The summed E-state index contributed by atoms with van der Waals surface area (Å²) in [6.45, 7) is -6.60. The first-order valence-corrected chi connectivity index (χ1v) is 6.15. The van der Waals surface area contributed by atoms with E-state index in [-0.39, 0.29) is 21.4 Å². The molecule has 1 aliphatic heterocycles. The molecular weight excluding hydrogens is 266 g/mol. The van der Waals surface area contributed by atoms with Crippen molar-refractivity contribution < 1.29 is 26.0 Å². The Kier molecular flexibility index (Phi) is 1.55. The number of H-pyrrole nitrogens is 1. The lowest BCUT2D eigenvalue weighted by Gasteiger charge is -2.09. The van der Waals surface area contributed by atoms with Crippen LogP contribution < -0.4 is 5.32 Å². The lowest BCUT2D eigenvalue weighted by molar-refractivity contribution is 0.177. The number of likely N-dealkylation sites (N-methyl/N-ethyl adjacent to an activating group) is 1. The lowest BCUT2D eigenvalue weighted by Crippen LogP contribution is -2.28. The zero-order chi connectivity index (χ0) is 25.3. The summed E-state index contributed by atoms with van der Waals surface area (Å²) < 4.78 is 102. The van der Waals surface area contributed by atoms with E-state index in [4.69, 9.17) is 21.2 Å². The fourth-order valence-corrected chi connectivity index (χ4v) is 1.91. The number of hydrogen-bond acceptors (Lipinski definition) is 3. The SMILES string of the molecule is [2H]c1[nH]c2c([2H])c([2H])c(C[C@@]3([2H])COC(=O)N3)c([2H])c2c1C([2H])([2H])C([2H])([2H])N(C)C([2H])([2H])[2H]. The maximum atomic E-state index is 11.4. The van der Waals surface area contributed by atoms with E-state index in [0.29, 0.717) is 0 Å². The highest BCUT2D eigenvalue weighted by molar-refractivity contribution is 5.84. The molecule has 0 saturated carbocycles.